The second kappa shape index (κ2) is 7.07. The Kier molecular flexibility index (Phi) is 5.39. The Morgan fingerprint density at radius 3 is 2.76 bits per heavy atom. The van der Waals surface area contributed by atoms with Crippen molar-refractivity contribution < 1.29 is 9.59 Å². The molecular formula is C16H24N2O2S. The molecule has 1 aliphatic carbocycles. The first-order valence-electron chi connectivity index (χ1n) is 7.62. The predicted octanol–water partition coefficient (Wildman–Crippen LogP) is 2.46. The maximum atomic E-state index is 12.0. The van der Waals surface area contributed by atoms with Crippen LogP contribution in [-0.4, -0.2) is 17.9 Å². The van der Waals surface area contributed by atoms with Crippen molar-refractivity contribution in [3.8, 4) is 0 Å². The number of rotatable bonds is 6. The molecule has 1 saturated carbocycles. The third-order valence-electron chi connectivity index (χ3n) is 4.22. The maximum Gasteiger partial charge on any atom is 0.222 e. The number of carbonyl (C=O) groups excluding carboxylic acids is 2. The first kappa shape index (κ1) is 16.0. The third-order valence-corrected chi connectivity index (χ3v) is 5.23. The molecule has 116 valence electrons. The van der Waals surface area contributed by atoms with Crippen LogP contribution < -0.4 is 11.1 Å². The molecule has 0 radical (unpaired) electrons. The van der Waals surface area contributed by atoms with Gasteiger partial charge in [0.1, 0.15) is 0 Å². The Bertz CT molecular complexity index is 524. The topological polar surface area (TPSA) is 72.2 Å². The molecule has 1 heterocycles. The molecule has 0 spiro atoms. The molecule has 3 N–H and O–H groups in total. The van der Waals surface area contributed by atoms with E-state index >= 15 is 0 Å². The van der Waals surface area contributed by atoms with Crippen LogP contribution in [0.5, 0.6) is 0 Å². The van der Waals surface area contributed by atoms with Gasteiger partial charge in [0.25, 0.3) is 0 Å². The minimum atomic E-state index is -0.290. The summed E-state index contributed by atoms with van der Waals surface area (Å²) in [6.45, 7) is 4.24. The first-order valence-corrected chi connectivity index (χ1v) is 8.43. The number of nitrogens with two attached hydrogens (primary N) is 1. The fourth-order valence-corrected chi connectivity index (χ4v) is 4.10. The summed E-state index contributed by atoms with van der Waals surface area (Å²) in [6, 6.07) is 2.15. The second-order valence-electron chi connectivity index (χ2n) is 5.91. The van der Waals surface area contributed by atoms with Crippen LogP contribution in [-0.2, 0) is 16.0 Å². The Labute approximate surface area is 130 Å². The first-order chi connectivity index (χ1) is 9.97. The van der Waals surface area contributed by atoms with E-state index in [1.807, 2.05) is 0 Å². The van der Waals surface area contributed by atoms with Gasteiger partial charge in [-0.15, -0.1) is 11.3 Å². The lowest BCUT2D eigenvalue weighted by Crippen LogP contribution is -2.42. The van der Waals surface area contributed by atoms with Gasteiger partial charge in [-0.25, -0.2) is 0 Å². The largest absolute Gasteiger partial charge is 0.369 e. The van der Waals surface area contributed by atoms with Crippen molar-refractivity contribution in [1.29, 1.82) is 0 Å². The number of nitrogens with one attached hydrogen (secondary N) is 1. The van der Waals surface area contributed by atoms with E-state index in [1.54, 1.807) is 11.3 Å². The van der Waals surface area contributed by atoms with Crippen LogP contribution >= 0.6 is 11.3 Å². The van der Waals surface area contributed by atoms with Crippen LogP contribution in [0.3, 0.4) is 0 Å². The molecule has 1 aromatic heterocycles. The minimum Gasteiger partial charge on any atom is -0.369 e. The quantitative estimate of drug-likeness (QED) is 0.847. The number of carbonyl (C=O) groups is 2. The molecule has 2 amide bonds. The monoisotopic (exact) mass is 308 g/mol. The lowest BCUT2D eigenvalue weighted by molar-refractivity contribution is -0.124. The molecule has 0 aromatic carbocycles. The average molecular weight is 308 g/mol. The van der Waals surface area contributed by atoms with Gasteiger partial charge in [0, 0.05) is 22.2 Å². The zero-order valence-electron chi connectivity index (χ0n) is 12.8. The Hall–Kier alpha value is -1.36. The Balaban J connectivity index is 1.75. The summed E-state index contributed by atoms with van der Waals surface area (Å²) in [4.78, 5) is 26.0. The number of aryl methyl sites for hydroxylation is 3. The number of thiophene rings is 1. The molecule has 2 rings (SSSR count). The molecule has 21 heavy (non-hydrogen) atoms. The van der Waals surface area contributed by atoms with Crippen molar-refractivity contribution in [2.45, 2.75) is 58.4 Å². The van der Waals surface area contributed by atoms with Gasteiger partial charge in [-0.05, 0) is 51.2 Å². The van der Waals surface area contributed by atoms with Crippen LogP contribution in [0.1, 0.15) is 47.4 Å². The summed E-state index contributed by atoms with van der Waals surface area (Å²) in [5, 5.41) is 2.98. The highest BCUT2D eigenvalue weighted by Gasteiger charge is 2.32. The van der Waals surface area contributed by atoms with Gasteiger partial charge in [0.05, 0.1) is 5.92 Å². The van der Waals surface area contributed by atoms with Gasteiger partial charge < -0.3 is 11.1 Å². The third kappa shape index (κ3) is 4.30. The Morgan fingerprint density at radius 2 is 2.14 bits per heavy atom. The van der Waals surface area contributed by atoms with E-state index in [4.69, 9.17) is 5.73 Å². The molecule has 2 atom stereocenters. The highest BCUT2D eigenvalue weighted by Crippen LogP contribution is 2.25. The van der Waals surface area contributed by atoms with Gasteiger partial charge >= 0.3 is 0 Å². The summed E-state index contributed by atoms with van der Waals surface area (Å²) in [6.07, 6.45) is 4.92. The lowest BCUT2D eigenvalue weighted by Gasteiger charge is -2.18. The standard InChI is InChI=1S/C16H24N2O2S/c1-10-9-12(11(2)21-10)5-3-8-15(19)18-14-7-4-6-13(14)16(17)20/h9,13-14H,3-8H2,1-2H3,(H2,17,20)(H,18,19)/t13-,14-/m1/s1. The van der Waals surface area contributed by atoms with Gasteiger partial charge in [-0.2, -0.15) is 0 Å². The smallest absolute Gasteiger partial charge is 0.222 e. The van der Waals surface area contributed by atoms with Crippen LogP contribution in [0.2, 0.25) is 0 Å². The highest BCUT2D eigenvalue weighted by atomic mass is 32.1. The van der Waals surface area contributed by atoms with Gasteiger partial charge in [0.15, 0.2) is 0 Å². The van der Waals surface area contributed by atoms with Crippen molar-refractivity contribution in [3.63, 3.8) is 0 Å². The zero-order chi connectivity index (χ0) is 15.4. The van der Waals surface area contributed by atoms with Crippen LogP contribution in [0, 0.1) is 19.8 Å². The van der Waals surface area contributed by atoms with Crippen LogP contribution in [0.25, 0.3) is 0 Å². The normalized spacial score (nSPS) is 21.4. The molecule has 5 heteroatoms. The van der Waals surface area contributed by atoms with E-state index < -0.39 is 0 Å². The summed E-state index contributed by atoms with van der Waals surface area (Å²) in [7, 11) is 0. The number of amides is 2. The van der Waals surface area contributed by atoms with Gasteiger partial charge in [-0.3, -0.25) is 9.59 Å². The summed E-state index contributed by atoms with van der Waals surface area (Å²) >= 11 is 1.81. The van der Waals surface area contributed by atoms with Gasteiger partial charge in [-0.1, -0.05) is 6.42 Å². The van der Waals surface area contributed by atoms with Crippen LogP contribution in [0.15, 0.2) is 6.07 Å². The van der Waals surface area contributed by atoms with E-state index in [-0.39, 0.29) is 23.8 Å². The summed E-state index contributed by atoms with van der Waals surface area (Å²) in [5.41, 5.74) is 6.72. The molecule has 0 aliphatic heterocycles. The fourth-order valence-electron chi connectivity index (χ4n) is 3.12. The number of primary amides is 1. The summed E-state index contributed by atoms with van der Waals surface area (Å²) in [5.74, 6) is -0.435. The molecule has 4 nitrogen and oxygen atoms in total. The summed E-state index contributed by atoms with van der Waals surface area (Å²) < 4.78 is 0. The molecule has 1 aromatic rings. The SMILES string of the molecule is Cc1cc(CCCC(=O)N[C@@H]2CCC[C@H]2C(N)=O)c(C)s1. The zero-order valence-corrected chi connectivity index (χ0v) is 13.6. The number of hydrogen-bond acceptors (Lipinski definition) is 3. The predicted molar refractivity (Wildman–Crippen MR) is 85.2 cm³/mol. The molecular weight excluding hydrogens is 284 g/mol. The van der Waals surface area contributed by atoms with E-state index in [2.05, 4.69) is 25.2 Å². The number of hydrogen-bond donors (Lipinski definition) is 2. The Morgan fingerprint density at radius 1 is 1.38 bits per heavy atom. The highest BCUT2D eigenvalue weighted by molar-refractivity contribution is 7.12. The van der Waals surface area contributed by atoms with Crippen molar-refractivity contribution >= 4 is 23.2 Å². The van der Waals surface area contributed by atoms with Crippen LogP contribution in [0.4, 0.5) is 0 Å². The molecule has 0 unspecified atom stereocenters. The van der Waals surface area contributed by atoms with Crippen molar-refractivity contribution in [1.82, 2.24) is 5.32 Å². The van der Waals surface area contributed by atoms with E-state index in [9.17, 15) is 9.59 Å². The fraction of sp³-hybridized carbons (Fsp3) is 0.625. The van der Waals surface area contributed by atoms with Crippen molar-refractivity contribution in [3.05, 3.63) is 21.4 Å². The average Bonchev–Trinajstić information content (AvgIpc) is 2.96. The van der Waals surface area contributed by atoms with Gasteiger partial charge in [0.2, 0.25) is 11.8 Å². The molecule has 1 fully saturated rings. The van der Waals surface area contributed by atoms with E-state index in [1.165, 1.54) is 15.3 Å². The lowest BCUT2D eigenvalue weighted by atomic mass is 10.0. The maximum absolute atomic E-state index is 12.0. The van der Waals surface area contributed by atoms with E-state index in [0.29, 0.717) is 6.42 Å². The minimum absolute atomic E-state index is 0.0396. The molecule has 0 saturated heterocycles. The van der Waals surface area contributed by atoms with E-state index in [0.717, 1.165) is 32.1 Å². The molecule has 1 aliphatic rings. The van der Waals surface area contributed by atoms with Crippen molar-refractivity contribution in [2.24, 2.45) is 11.7 Å². The van der Waals surface area contributed by atoms with Crippen molar-refractivity contribution in [2.75, 3.05) is 0 Å². The molecule has 0 bridgehead atoms. The second-order valence-corrected chi connectivity index (χ2v) is 7.37.